The van der Waals surface area contributed by atoms with Gasteiger partial charge in [0.1, 0.15) is 24.4 Å². The Hall–Kier alpha value is -2.90. The van der Waals surface area contributed by atoms with Crippen LogP contribution in [0.1, 0.15) is 194 Å². The zero-order valence-electron chi connectivity index (χ0n) is 40.7. The number of aliphatic hydroxyl groups excluding tert-OH is 5. The van der Waals surface area contributed by atoms with Crippen LogP contribution < -0.4 is 5.32 Å². The van der Waals surface area contributed by atoms with Crippen LogP contribution in [0.15, 0.2) is 72.9 Å². The third kappa shape index (κ3) is 34.1. The van der Waals surface area contributed by atoms with Crippen molar-refractivity contribution in [3.63, 3.8) is 0 Å². The molecule has 0 bridgehead atoms. The maximum Gasteiger partial charge on any atom is 0.305 e. The van der Waals surface area contributed by atoms with Crippen molar-refractivity contribution < 1.29 is 49.3 Å². The number of rotatable bonds is 42. The number of hydrogen-bond acceptors (Lipinski definition) is 10. The number of esters is 1. The van der Waals surface area contributed by atoms with E-state index in [4.69, 9.17) is 14.2 Å². The van der Waals surface area contributed by atoms with Crippen LogP contribution in [0, 0.1) is 0 Å². The SMILES string of the molecule is CCC/C=C/CC/C=C/CC/C=C/C(O)C(COC1OC(CO)C(O)C(O)C1O)NC(=O)CCCCCCCC/C=C\C=C/CCCCCOC(=O)CCCCCCC/C=C\CCCC. The van der Waals surface area contributed by atoms with E-state index in [1.165, 1.54) is 44.9 Å². The van der Waals surface area contributed by atoms with Gasteiger partial charge in [-0.1, -0.05) is 151 Å². The lowest BCUT2D eigenvalue weighted by molar-refractivity contribution is -0.302. The number of unbranched alkanes of at least 4 members (excludes halogenated alkanes) is 19. The summed E-state index contributed by atoms with van der Waals surface area (Å²) in [6.45, 7) is 4.10. The Kier molecular flexibility index (Phi) is 40.4. The van der Waals surface area contributed by atoms with Crippen LogP contribution in [0.2, 0.25) is 0 Å². The van der Waals surface area contributed by atoms with Crippen molar-refractivity contribution in [2.75, 3.05) is 19.8 Å². The normalized spacial score (nSPS) is 20.4. The fraction of sp³-hybridized carbons (Fsp3) is 0.741. The number of carbonyl (C=O) groups is 2. The molecule has 374 valence electrons. The van der Waals surface area contributed by atoms with Gasteiger partial charge in [0.2, 0.25) is 5.91 Å². The molecule has 6 N–H and O–H groups in total. The molecule has 0 aromatic carbocycles. The van der Waals surface area contributed by atoms with Gasteiger partial charge in [0, 0.05) is 12.8 Å². The summed E-state index contributed by atoms with van der Waals surface area (Å²) in [5.74, 6) is -0.279. The highest BCUT2D eigenvalue weighted by atomic mass is 16.7. The van der Waals surface area contributed by atoms with Crippen LogP contribution in [0.4, 0.5) is 0 Å². The van der Waals surface area contributed by atoms with Crippen LogP contribution in [-0.4, -0.2) is 100 Å². The minimum absolute atomic E-state index is 0.0552. The first-order valence-corrected chi connectivity index (χ1v) is 25.7. The highest BCUT2D eigenvalue weighted by Crippen LogP contribution is 2.22. The van der Waals surface area contributed by atoms with E-state index in [2.05, 4.69) is 79.9 Å². The molecule has 0 saturated carbocycles. The molecule has 1 heterocycles. The van der Waals surface area contributed by atoms with Crippen molar-refractivity contribution in [3.8, 4) is 0 Å². The van der Waals surface area contributed by atoms with Gasteiger partial charge in [0.25, 0.3) is 0 Å². The van der Waals surface area contributed by atoms with Gasteiger partial charge in [-0.05, 0) is 103 Å². The number of carbonyl (C=O) groups excluding carboxylic acids is 2. The lowest BCUT2D eigenvalue weighted by Crippen LogP contribution is -2.60. The van der Waals surface area contributed by atoms with E-state index in [1.807, 2.05) is 6.08 Å². The lowest BCUT2D eigenvalue weighted by atomic mass is 9.99. The Morgan fingerprint density at radius 2 is 1.08 bits per heavy atom. The van der Waals surface area contributed by atoms with Gasteiger partial charge in [-0.2, -0.15) is 0 Å². The zero-order chi connectivity index (χ0) is 47.4. The molecule has 1 aliphatic rings. The molecular weight excluding hydrogens is 823 g/mol. The van der Waals surface area contributed by atoms with Gasteiger partial charge < -0.3 is 45.1 Å². The summed E-state index contributed by atoms with van der Waals surface area (Å²) >= 11 is 0. The second-order valence-corrected chi connectivity index (χ2v) is 17.5. The summed E-state index contributed by atoms with van der Waals surface area (Å²) in [5.41, 5.74) is 0. The first-order chi connectivity index (χ1) is 31.7. The second kappa shape index (κ2) is 43.7. The Morgan fingerprint density at radius 3 is 1.68 bits per heavy atom. The van der Waals surface area contributed by atoms with Crippen LogP contribution >= 0.6 is 0 Å². The summed E-state index contributed by atoms with van der Waals surface area (Å²) in [6, 6.07) is -0.852. The maximum atomic E-state index is 13.0. The molecule has 1 rings (SSSR count). The minimum atomic E-state index is -1.59. The molecule has 7 unspecified atom stereocenters. The molecule has 1 fully saturated rings. The van der Waals surface area contributed by atoms with Gasteiger partial charge in [-0.25, -0.2) is 0 Å². The molecular formula is C54H93NO10. The monoisotopic (exact) mass is 916 g/mol. The van der Waals surface area contributed by atoms with Crippen LogP contribution in [-0.2, 0) is 23.8 Å². The summed E-state index contributed by atoms with van der Waals surface area (Å²) in [5, 5.41) is 54.1. The molecule has 0 aromatic heterocycles. The van der Waals surface area contributed by atoms with E-state index in [0.29, 0.717) is 32.3 Å². The summed E-state index contributed by atoms with van der Waals surface area (Å²) in [7, 11) is 0. The molecule has 65 heavy (non-hydrogen) atoms. The molecule has 11 heteroatoms. The Labute approximate surface area is 394 Å². The van der Waals surface area contributed by atoms with Crippen LogP contribution in [0.3, 0.4) is 0 Å². The van der Waals surface area contributed by atoms with E-state index in [1.54, 1.807) is 6.08 Å². The van der Waals surface area contributed by atoms with E-state index >= 15 is 0 Å². The summed E-state index contributed by atoms with van der Waals surface area (Å²) in [6.07, 6.45) is 45.6. The third-order valence-corrected chi connectivity index (χ3v) is 11.5. The first kappa shape index (κ1) is 60.1. The maximum absolute atomic E-state index is 13.0. The smallest absolute Gasteiger partial charge is 0.305 e. The largest absolute Gasteiger partial charge is 0.466 e. The van der Waals surface area contributed by atoms with E-state index in [9.17, 15) is 35.1 Å². The lowest BCUT2D eigenvalue weighted by Gasteiger charge is -2.40. The molecule has 0 radical (unpaired) electrons. The second-order valence-electron chi connectivity index (χ2n) is 17.5. The van der Waals surface area contributed by atoms with Gasteiger partial charge in [-0.3, -0.25) is 9.59 Å². The number of ether oxygens (including phenoxy) is 3. The van der Waals surface area contributed by atoms with Gasteiger partial charge in [-0.15, -0.1) is 0 Å². The number of amides is 1. The summed E-state index contributed by atoms with van der Waals surface area (Å²) < 4.78 is 16.6. The molecule has 0 spiro atoms. The molecule has 1 aliphatic heterocycles. The quantitative estimate of drug-likeness (QED) is 0.0150. The van der Waals surface area contributed by atoms with E-state index in [-0.39, 0.29) is 18.5 Å². The summed E-state index contributed by atoms with van der Waals surface area (Å²) in [4.78, 5) is 24.9. The fourth-order valence-electron chi connectivity index (χ4n) is 7.32. The Bertz CT molecular complexity index is 1310. The number of hydrogen-bond donors (Lipinski definition) is 6. The van der Waals surface area contributed by atoms with Crippen molar-refractivity contribution in [3.05, 3.63) is 72.9 Å². The number of aliphatic hydroxyl groups is 5. The molecule has 1 saturated heterocycles. The Balaban J connectivity index is 2.22. The third-order valence-electron chi connectivity index (χ3n) is 11.5. The minimum Gasteiger partial charge on any atom is -0.466 e. The molecule has 0 aromatic rings. The Morgan fingerprint density at radius 1 is 0.569 bits per heavy atom. The van der Waals surface area contributed by atoms with Crippen LogP contribution in [0.25, 0.3) is 0 Å². The van der Waals surface area contributed by atoms with E-state index in [0.717, 1.165) is 109 Å². The van der Waals surface area contributed by atoms with Gasteiger partial charge in [0.05, 0.1) is 32.0 Å². The van der Waals surface area contributed by atoms with E-state index < -0.39 is 49.5 Å². The zero-order valence-corrected chi connectivity index (χ0v) is 40.7. The average molecular weight is 916 g/mol. The molecule has 0 aliphatic carbocycles. The van der Waals surface area contributed by atoms with Gasteiger partial charge >= 0.3 is 5.97 Å². The molecule has 1 amide bonds. The number of allylic oxidation sites excluding steroid dienone is 11. The predicted octanol–water partition coefficient (Wildman–Crippen LogP) is 10.5. The highest BCUT2D eigenvalue weighted by Gasteiger charge is 2.44. The molecule has 7 atom stereocenters. The highest BCUT2D eigenvalue weighted by molar-refractivity contribution is 5.76. The van der Waals surface area contributed by atoms with Crippen molar-refractivity contribution in [1.82, 2.24) is 5.32 Å². The van der Waals surface area contributed by atoms with Gasteiger partial charge in [0.15, 0.2) is 6.29 Å². The predicted molar refractivity (Wildman–Crippen MR) is 264 cm³/mol. The van der Waals surface area contributed by atoms with Crippen LogP contribution in [0.5, 0.6) is 0 Å². The van der Waals surface area contributed by atoms with Crippen molar-refractivity contribution >= 4 is 11.9 Å². The standard InChI is InChI=1S/C54H93NO10/c1-3-5-7-9-11-13-20-24-28-32-36-40-47(57)46(45-64-54-53(62)52(61)51(60)48(44-56)65-54)55-49(58)41-37-33-29-25-22-18-16-15-17-19-23-27-31-35-39-43-63-50(59)42-38-34-30-26-21-14-12-10-8-6-4-2/h7,9-10,12,15,17,19-20,23-24,36,40,46-48,51-54,56-57,60-62H,3-6,8,11,13-14,16,18,21-22,25-35,37-39,41-45H2,1-2H3,(H,55,58)/b9-7+,12-10-,17-15-,23-19-,24-20+,40-36+. The first-order valence-electron chi connectivity index (χ1n) is 25.7. The average Bonchev–Trinajstić information content (AvgIpc) is 3.30. The molecule has 11 nitrogen and oxygen atoms in total. The fourth-order valence-corrected chi connectivity index (χ4v) is 7.32. The topological polar surface area (TPSA) is 175 Å². The number of nitrogens with one attached hydrogen (secondary N) is 1. The van der Waals surface area contributed by atoms with Crippen molar-refractivity contribution in [2.24, 2.45) is 0 Å². The van der Waals surface area contributed by atoms with Crippen molar-refractivity contribution in [2.45, 2.75) is 236 Å². The van der Waals surface area contributed by atoms with Crippen molar-refractivity contribution in [1.29, 1.82) is 0 Å².